The molecule has 3 aromatic rings. The lowest BCUT2D eigenvalue weighted by Crippen LogP contribution is -2.48. The van der Waals surface area contributed by atoms with Gasteiger partial charge < -0.3 is 10.2 Å². The first-order valence-corrected chi connectivity index (χ1v) is 12.3. The van der Waals surface area contributed by atoms with Crippen LogP contribution in [0.5, 0.6) is 0 Å². The Hall–Kier alpha value is -1.80. The van der Waals surface area contributed by atoms with Crippen LogP contribution in [-0.2, 0) is 4.79 Å². The van der Waals surface area contributed by atoms with Gasteiger partial charge in [0, 0.05) is 61.4 Å². The van der Waals surface area contributed by atoms with E-state index in [0.717, 1.165) is 58.8 Å². The second kappa shape index (κ2) is 10.5. The summed E-state index contributed by atoms with van der Waals surface area (Å²) in [5.41, 5.74) is 1.01. The van der Waals surface area contributed by atoms with Crippen molar-refractivity contribution >= 4 is 56.0 Å². The summed E-state index contributed by atoms with van der Waals surface area (Å²) >= 11 is 9.51. The number of anilines is 1. The largest absolute Gasteiger partial charge is 0.355 e. The third kappa shape index (κ3) is 5.88. The Morgan fingerprint density at radius 3 is 2.73 bits per heavy atom. The van der Waals surface area contributed by atoms with Crippen LogP contribution < -0.4 is 10.2 Å². The van der Waals surface area contributed by atoms with Crippen LogP contribution >= 0.6 is 34.7 Å². The quantitative estimate of drug-likeness (QED) is 0.506. The summed E-state index contributed by atoms with van der Waals surface area (Å²) in [5.74, 6) is 0.937. The minimum atomic E-state index is 0.130. The monoisotopic (exact) mass is 460 g/mol. The zero-order chi connectivity index (χ0) is 20.8. The molecule has 0 unspecified atom stereocenters. The van der Waals surface area contributed by atoms with Crippen molar-refractivity contribution in [2.45, 2.75) is 11.3 Å². The van der Waals surface area contributed by atoms with Crippen LogP contribution in [0.2, 0.25) is 5.02 Å². The van der Waals surface area contributed by atoms with Crippen molar-refractivity contribution in [3.63, 3.8) is 0 Å². The van der Waals surface area contributed by atoms with E-state index in [1.807, 2.05) is 36.4 Å². The van der Waals surface area contributed by atoms with Gasteiger partial charge in [-0.05, 0) is 30.3 Å². The molecule has 30 heavy (non-hydrogen) atoms. The SMILES string of the molecule is O=C(CCSc1ccccc1)NCCN1CCN(c2nc3ccc(Cl)cc3s2)CC1. The van der Waals surface area contributed by atoms with Crippen molar-refractivity contribution in [3.05, 3.63) is 53.6 Å². The lowest BCUT2D eigenvalue weighted by atomic mass is 10.3. The molecule has 1 aromatic heterocycles. The van der Waals surface area contributed by atoms with Crippen LogP contribution in [-0.4, -0.2) is 60.8 Å². The lowest BCUT2D eigenvalue weighted by Gasteiger charge is -2.34. The van der Waals surface area contributed by atoms with E-state index < -0.39 is 0 Å². The topological polar surface area (TPSA) is 48.5 Å². The Morgan fingerprint density at radius 1 is 1.13 bits per heavy atom. The number of halogens is 1. The van der Waals surface area contributed by atoms with Gasteiger partial charge in [0.1, 0.15) is 0 Å². The second-order valence-corrected chi connectivity index (χ2v) is 9.81. The summed E-state index contributed by atoms with van der Waals surface area (Å²) in [6.45, 7) is 5.46. The first-order chi connectivity index (χ1) is 14.7. The highest BCUT2D eigenvalue weighted by molar-refractivity contribution is 7.99. The predicted molar refractivity (Wildman–Crippen MR) is 128 cm³/mol. The van der Waals surface area contributed by atoms with E-state index in [0.29, 0.717) is 13.0 Å². The molecule has 2 aromatic carbocycles. The summed E-state index contributed by atoms with van der Waals surface area (Å²) in [4.78, 5) is 22.8. The third-order valence-corrected chi connectivity index (χ3v) is 7.40. The molecule has 1 saturated heterocycles. The number of nitrogens with one attached hydrogen (secondary N) is 1. The van der Waals surface area contributed by atoms with Crippen LogP contribution in [0.3, 0.4) is 0 Å². The summed E-state index contributed by atoms with van der Waals surface area (Å²) in [6, 6.07) is 16.1. The Bertz CT molecular complexity index is 974. The van der Waals surface area contributed by atoms with Gasteiger partial charge >= 0.3 is 0 Å². The fraction of sp³-hybridized carbons (Fsp3) is 0.364. The number of hydrogen-bond acceptors (Lipinski definition) is 6. The maximum absolute atomic E-state index is 12.1. The van der Waals surface area contributed by atoms with Crippen molar-refractivity contribution in [3.8, 4) is 0 Å². The van der Waals surface area contributed by atoms with Gasteiger partial charge in [-0.3, -0.25) is 9.69 Å². The van der Waals surface area contributed by atoms with E-state index >= 15 is 0 Å². The molecule has 0 saturated carbocycles. The molecule has 0 atom stereocenters. The fourth-order valence-electron chi connectivity index (χ4n) is 3.40. The molecular formula is C22H25ClN4OS2. The predicted octanol–water partition coefficient (Wildman–Crippen LogP) is 4.37. The molecule has 158 valence electrons. The number of carbonyl (C=O) groups is 1. The second-order valence-electron chi connectivity index (χ2n) is 7.20. The number of aromatic nitrogens is 1. The molecule has 0 radical (unpaired) electrons. The number of piperazine rings is 1. The number of thiazole rings is 1. The number of benzene rings is 2. The Balaban J connectivity index is 1.14. The molecular weight excluding hydrogens is 436 g/mol. The first-order valence-electron chi connectivity index (χ1n) is 10.2. The molecule has 0 bridgehead atoms. The summed E-state index contributed by atoms with van der Waals surface area (Å²) in [6.07, 6.45) is 0.551. The number of rotatable bonds is 8. The minimum absolute atomic E-state index is 0.130. The van der Waals surface area contributed by atoms with E-state index in [-0.39, 0.29) is 5.91 Å². The molecule has 1 fully saturated rings. The molecule has 1 amide bonds. The smallest absolute Gasteiger partial charge is 0.220 e. The number of thioether (sulfide) groups is 1. The Kier molecular flexibility index (Phi) is 7.49. The molecule has 0 aliphatic carbocycles. The maximum atomic E-state index is 12.1. The van der Waals surface area contributed by atoms with E-state index in [1.165, 1.54) is 4.90 Å². The van der Waals surface area contributed by atoms with Crippen molar-refractivity contribution in [1.82, 2.24) is 15.2 Å². The van der Waals surface area contributed by atoms with Gasteiger partial charge in [-0.1, -0.05) is 41.1 Å². The fourth-order valence-corrected chi connectivity index (χ4v) is 5.57. The lowest BCUT2D eigenvalue weighted by molar-refractivity contribution is -0.120. The van der Waals surface area contributed by atoms with Gasteiger partial charge in [0.25, 0.3) is 0 Å². The van der Waals surface area contributed by atoms with Crippen LogP contribution in [0.4, 0.5) is 5.13 Å². The standard InChI is InChI=1S/C22H25ClN4OS2/c23-17-6-7-19-20(16-17)30-22(25-19)27-13-11-26(12-14-27)10-9-24-21(28)8-15-29-18-4-2-1-3-5-18/h1-7,16H,8-15H2,(H,24,28). The van der Waals surface area contributed by atoms with Crippen LogP contribution in [0.15, 0.2) is 53.4 Å². The van der Waals surface area contributed by atoms with Gasteiger partial charge in [0.05, 0.1) is 10.2 Å². The summed E-state index contributed by atoms with van der Waals surface area (Å²) in [7, 11) is 0. The summed E-state index contributed by atoms with van der Waals surface area (Å²) < 4.78 is 1.13. The number of amides is 1. The van der Waals surface area contributed by atoms with Crippen molar-refractivity contribution in [1.29, 1.82) is 0 Å². The number of fused-ring (bicyclic) bond motifs is 1. The molecule has 5 nitrogen and oxygen atoms in total. The molecule has 1 aliphatic heterocycles. The van der Waals surface area contributed by atoms with Gasteiger partial charge in [0.15, 0.2) is 5.13 Å². The van der Waals surface area contributed by atoms with E-state index in [1.54, 1.807) is 23.1 Å². The molecule has 0 spiro atoms. The number of carbonyl (C=O) groups excluding carboxylic acids is 1. The van der Waals surface area contributed by atoms with Gasteiger partial charge in [0.2, 0.25) is 5.91 Å². The van der Waals surface area contributed by atoms with Crippen LogP contribution in [0.1, 0.15) is 6.42 Å². The summed E-state index contributed by atoms with van der Waals surface area (Å²) in [5, 5.41) is 4.87. The van der Waals surface area contributed by atoms with Gasteiger partial charge in [-0.25, -0.2) is 4.98 Å². The molecule has 1 N–H and O–H groups in total. The average Bonchev–Trinajstić information content (AvgIpc) is 3.18. The zero-order valence-corrected chi connectivity index (χ0v) is 19.1. The van der Waals surface area contributed by atoms with E-state index in [2.05, 4.69) is 27.2 Å². The normalized spacial score (nSPS) is 14.9. The number of nitrogens with zero attached hydrogens (tertiary/aromatic N) is 3. The first kappa shape index (κ1) is 21.4. The highest BCUT2D eigenvalue weighted by atomic mass is 35.5. The highest BCUT2D eigenvalue weighted by Crippen LogP contribution is 2.31. The third-order valence-electron chi connectivity index (χ3n) is 5.07. The van der Waals surface area contributed by atoms with Crippen molar-refractivity contribution in [2.24, 2.45) is 0 Å². The van der Waals surface area contributed by atoms with E-state index in [9.17, 15) is 4.79 Å². The van der Waals surface area contributed by atoms with Gasteiger partial charge in [-0.2, -0.15) is 0 Å². The zero-order valence-electron chi connectivity index (χ0n) is 16.7. The van der Waals surface area contributed by atoms with Crippen molar-refractivity contribution < 1.29 is 4.79 Å². The minimum Gasteiger partial charge on any atom is -0.355 e. The van der Waals surface area contributed by atoms with E-state index in [4.69, 9.17) is 16.6 Å². The Labute approximate surface area is 190 Å². The molecule has 8 heteroatoms. The highest BCUT2D eigenvalue weighted by Gasteiger charge is 2.19. The number of hydrogen-bond donors (Lipinski definition) is 1. The molecule has 2 heterocycles. The maximum Gasteiger partial charge on any atom is 0.220 e. The van der Waals surface area contributed by atoms with Crippen LogP contribution in [0.25, 0.3) is 10.2 Å². The molecule has 1 aliphatic rings. The molecule has 4 rings (SSSR count). The van der Waals surface area contributed by atoms with Crippen LogP contribution in [0, 0.1) is 0 Å². The van der Waals surface area contributed by atoms with Crippen molar-refractivity contribution in [2.75, 3.05) is 49.9 Å². The Morgan fingerprint density at radius 2 is 1.93 bits per heavy atom. The average molecular weight is 461 g/mol. The van der Waals surface area contributed by atoms with Gasteiger partial charge in [-0.15, -0.1) is 11.8 Å².